The van der Waals surface area contributed by atoms with Crippen LogP contribution in [0, 0.1) is 28.4 Å². The molecule has 0 bridgehead atoms. The number of amides is 1. The van der Waals surface area contributed by atoms with Gasteiger partial charge in [-0.2, -0.15) is 15.0 Å². The van der Waals surface area contributed by atoms with Gasteiger partial charge in [0, 0.05) is 31.1 Å². The second kappa shape index (κ2) is 8.39. The second-order valence-electron chi connectivity index (χ2n) is 7.55. The minimum Gasteiger partial charge on any atom is -0.372 e. The minimum atomic E-state index is -0.612. The second-order valence-corrected chi connectivity index (χ2v) is 7.55. The highest BCUT2D eigenvalue weighted by Crippen LogP contribution is 2.29. The average Bonchev–Trinajstić information content (AvgIpc) is 3.21. The number of hydrogen-bond acceptors (Lipinski definition) is 7. The van der Waals surface area contributed by atoms with Crippen LogP contribution in [0.15, 0.2) is 54.7 Å². The Morgan fingerprint density at radius 2 is 1.97 bits per heavy atom. The van der Waals surface area contributed by atoms with Gasteiger partial charge in [-0.25, -0.2) is 4.98 Å². The molecule has 2 aromatic carbocycles. The van der Waals surface area contributed by atoms with Crippen molar-refractivity contribution in [2.75, 3.05) is 24.3 Å². The van der Waals surface area contributed by atoms with Crippen LogP contribution in [0.3, 0.4) is 0 Å². The predicted octanol–water partition coefficient (Wildman–Crippen LogP) is 3.83. The van der Waals surface area contributed by atoms with Crippen LogP contribution in [0.5, 0.6) is 0 Å². The van der Waals surface area contributed by atoms with Crippen molar-refractivity contribution in [3.05, 3.63) is 81.5 Å². The zero-order valence-electron chi connectivity index (χ0n) is 18.1. The monoisotopic (exact) mass is 441 g/mol. The van der Waals surface area contributed by atoms with Gasteiger partial charge in [0.2, 0.25) is 0 Å². The standard InChI is InChI=1S/C23H19N7O3/c1-14-10-21(26-18-7-5-4-6-17(14)18)29-22(16(12-24)13-25-29)27-23(31)15-8-9-19(28(2)3)20(11-15)30(32)33/h4-11,13H,1-3H3,(H,27,31). The zero-order valence-corrected chi connectivity index (χ0v) is 18.1. The largest absolute Gasteiger partial charge is 0.372 e. The number of nitro benzene ring substituents is 1. The van der Waals surface area contributed by atoms with Crippen molar-refractivity contribution in [1.82, 2.24) is 14.8 Å². The summed E-state index contributed by atoms with van der Waals surface area (Å²) in [6.45, 7) is 1.94. The number of carbonyl (C=O) groups is 1. The van der Waals surface area contributed by atoms with E-state index in [9.17, 15) is 20.2 Å². The molecule has 0 fully saturated rings. The molecule has 0 saturated carbocycles. The van der Waals surface area contributed by atoms with Gasteiger partial charge in [0.25, 0.3) is 11.6 Å². The molecule has 10 nitrogen and oxygen atoms in total. The number of hydrogen-bond donors (Lipinski definition) is 1. The summed E-state index contributed by atoms with van der Waals surface area (Å²) in [4.78, 5) is 30.1. The van der Waals surface area contributed by atoms with Crippen LogP contribution in [0.4, 0.5) is 17.2 Å². The highest BCUT2D eigenvalue weighted by molar-refractivity contribution is 6.05. The third-order valence-corrected chi connectivity index (χ3v) is 5.16. The number of carbonyl (C=O) groups excluding carboxylic acids is 1. The molecule has 0 aliphatic heterocycles. The SMILES string of the molecule is Cc1cc(-n2ncc(C#N)c2NC(=O)c2ccc(N(C)C)c([N+](=O)[O-])c2)nc2ccccc12. The lowest BCUT2D eigenvalue weighted by Crippen LogP contribution is -2.17. The summed E-state index contributed by atoms with van der Waals surface area (Å²) in [6.07, 6.45) is 1.33. The van der Waals surface area contributed by atoms with Crippen molar-refractivity contribution in [2.24, 2.45) is 0 Å². The number of nitrogens with one attached hydrogen (secondary N) is 1. The van der Waals surface area contributed by atoms with Gasteiger partial charge in [0.05, 0.1) is 16.6 Å². The number of nitrogens with zero attached hydrogens (tertiary/aromatic N) is 6. The van der Waals surface area contributed by atoms with Gasteiger partial charge < -0.3 is 10.2 Å². The zero-order chi connectivity index (χ0) is 23.7. The van der Waals surface area contributed by atoms with E-state index in [-0.39, 0.29) is 22.6 Å². The van der Waals surface area contributed by atoms with Crippen molar-refractivity contribution in [3.8, 4) is 11.9 Å². The first kappa shape index (κ1) is 21.5. The summed E-state index contributed by atoms with van der Waals surface area (Å²) in [5.41, 5.74) is 2.08. The smallest absolute Gasteiger partial charge is 0.293 e. The Morgan fingerprint density at radius 1 is 1.21 bits per heavy atom. The molecule has 2 heterocycles. The van der Waals surface area contributed by atoms with Crippen LogP contribution >= 0.6 is 0 Å². The van der Waals surface area contributed by atoms with Gasteiger partial charge in [-0.3, -0.25) is 14.9 Å². The third kappa shape index (κ3) is 3.95. The predicted molar refractivity (Wildman–Crippen MR) is 124 cm³/mol. The van der Waals surface area contributed by atoms with E-state index in [1.54, 1.807) is 19.0 Å². The van der Waals surface area contributed by atoms with E-state index >= 15 is 0 Å². The Kier molecular flexibility index (Phi) is 5.46. The number of anilines is 2. The molecule has 4 aromatic rings. The molecule has 33 heavy (non-hydrogen) atoms. The Balaban J connectivity index is 1.75. The fourth-order valence-corrected chi connectivity index (χ4v) is 3.53. The Morgan fingerprint density at radius 3 is 2.67 bits per heavy atom. The Hall–Kier alpha value is -4.78. The topological polar surface area (TPSA) is 130 Å². The van der Waals surface area contributed by atoms with Crippen molar-refractivity contribution >= 4 is 34.0 Å². The molecule has 0 saturated heterocycles. The van der Waals surface area contributed by atoms with Gasteiger partial charge >= 0.3 is 0 Å². The molecule has 164 valence electrons. The van der Waals surface area contributed by atoms with Crippen LogP contribution in [-0.2, 0) is 0 Å². The molecule has 2 aromatic heterocycles. The molecular formula is C23H19N7O3. The van der Waals surface area contributed by atoms with E-state index in [0.29, 0.717) is 11.5 Å². The molecule has 0 aliphatic carbocycles. The van der Waals surface area contributed by atoms with E-state index in [0.717, 1.165) is 16.5 Å². The van der Waals surface area contributed by atoms with E-state index in [1.807, 2.05) is 43.3 Å². The van der Waals surface area contributed by atoms with E-state index < -0.39 is 10.8 Å². The van der Waals surface area contributed by atoms with Crippen molar-refractivity contribution in [2.45, 2.75) is 6.92 Å². The molecule has 1 N–H and O–H groups in total. The number of fused-ring (bicyclic) bond motifs is 1. The molecule has 0 radical (unpaired) electrons. The van der Waals surface area contributed by atoms with Crippen LogP contribution < -0.4 is 10.2 Å². The Bertz CT molecular complexity index is 1450. The van der Waals surface area contributed by atoms with E-state index in [1.165, 1.54) is 29.1 Å². The Labute approximate surface area is 188 Å². The maximum Gasteiger partial charge on any atom is 0.293 e. The number of nitro groups is 1. The molecule has 0 atom stereocenters. The number of rotatable bonds is 5. The van der Waals surface area contributed by atoms with Crippen molar-refractivity contribution in [1.29, 1.82) is 5.26 Å². The van der Waals surface area contributed by atoms with Gasteiger partial charge in [-0.15, -0.1) is 0 Å². The number of benzene rings is 2. The summed E-state index contributed by atoms with van der Waals surface area (Å²) < 4.78 is 1.37. The highest BCUT2D eigenvalue weighted by Gasteiger charge is 2.22. The first-order chi connectivity index (χ1) is 15.8. The maximum atomic E-state index is 13.0. The minimum absolute atomic E-state index is 0.0755. The summed E-state index contributed by atoms with van der Waals surface area (Å²) in [7, 11) is 3.36. The lowest BCUT2D eigenvalue weighted by Gasteiger charge is -2.14. The van der Waals surface area contributed by atoms with Crippen molar-refractivity contribution < 1.29 is 9.72 Å². The number of pyridine rings is 1. The summed E-state index contributed by atoms with van der Waals surface area (Å²) in [6, 6.07) is 15.6. The van der Waals surface area contributed by atoms with Gasteiger partial charge in [0.1, 0.15) is 17.3 Å². The third-order valence-electron chi connectivity index (χ3n) is 5.16. The van der Waals surface area contributed by atoms with E-state index in [4.69, 9.17) is 0 Å². The lowest BCUT2D eigenvalue weighted by atomic mass is 10.1. The van der Waals surface area contributed by atoms with Gasteiger partial charge in [-0.05, 0) is 36.8 Å². The number of aryl methyl sites for hydroxylation is 1. The average molecular weight is 441 g/mol. The van der Waals surface area contributed by atoms with Crippen LogP contribution in [0.2, 0.25) is 0 Å². The fraction of sp³-hybridized carbons (Fsp3) is 0.130. The molecule has 0 aliphatic rings. The molecule has 0 unspecified atom stereocenters. The summed E-state index contributed by atoms with van der Waals surface area (Å²) in [5.74, 6) is -0.0554. The normalized spacial score (nSPS) is 10.6. The van der Waals surface area contributed by atoms with E-state index in [2.05, 4.69) is 15.4 Å². The number of nitriles is 1. The highest BCUT2D eigenvalue weighted by atomic mass is 16.6. The number of aromatic nitrogens is 3. The molecule has 10 heteroatoms. The molecular weight excluding hydrogens is 422 g/mol. The quantitative estimate of drug-likeness (QED) is 0.368. The molecule has 1 amide bonds. The van der Waals surface area contributed by atoms with Gasteiger partial charge in [-0.1, -0.05) is 18.2 Å². The number of para-hydroxylation sites is 1. The lowest BCUT2D eigenvalue weighted by molar-refractivity contribution is -0.384. The van der Waals surface area contributed by atoms with Crippen LogP contribution in [-0.4, -0.2) is 39.7 Å². The maximum absolute atomic E-state index is 13.0. The summed E-state index contributed by atoms with van der Waals surface area (Å²) in [5, 5.41) is 28.9. The van der Waals surface area contributed by atoms with Crippen LogP contribution in [0.1, 0.15) is 21.5 Å². The van der Waals surface area contributed by atoms with Crippen molar-refractivity contribution in [3.63, 3.8) is 0 Å². The van der Waals surface area contributed by atoms with Crippen LogP contribution in [0.25, 0.3) is 16.7 Å². The van der Waals surface area contributed by atoms with Gasteiger partial charge in [0.15, 0.2) is 11.6 Å². The molecule has 4 rings (SSSR count). The fourth-order valence-electron chi connectivity index (χ4n) is 3.53. The first-order valence-electron chi connectivity index (χ1n) is 9.92. The molecule has 0 spiro atoms. The first-order valence-corrected chi connectivity index (χ1v) is 9.92. The summed E-state index contributed by atoms with van der Waals surface area (Å²) >= 11 is 0.